The van der Waals surface area contributed by atoms with Gasteiger partial charge in [0.05, 0.1) is 19.0 Å². The zero-order valence-corrected chi connectivity index (χ0v) is 11.6. The Bertz CT molecular complexity index is 435. The van der Waals surface area contributed by atoms with Gasteiger partial charge in [-0.05, 0) is 26.3 Å². The third kappa shape index (κ3) is 3.82. The monoisotopic (exact) mass is 267 g/mol. The molecule has 6 nitrogen and oxygen atoms in total. The number of nitrogens with two attached hydrogens (primary N) is 1. The van der Waals surface area contributed by atoms with Crippen LogP contribution >= 0.6 is 0 Å². The second kappa shape index (κ2) is 6.94. The SMILES string of the molecule is COC(=O)c1cc(N)cnc1N(CCCO)C(C)C. The van der Waals surface area contributed by atoms with Gasteiger partial charge in [-0.25, -0.2) is 9.78 Å². The number of esters is 1. The molecular weight excluding hydrogens is 246 g/mol. The molecule has 1 rings (SSSR count). The van der Waals surface area contributed by atoms with E-state index in [9.17, 15) is 4.79 Å². The van der Waals surface area contributed by atoms with Crippen LogP contribution in [0.15, 0.2) is 12.3 Å². The molecule has 106 valence electrons. The number of rotatable bonds is 6. The fraction of sp³-hybridized carbons (Fsp3) is 0.538. The summed E-state index contributed by atoms with van der Waals surface area (Å²) >= 11 is 0. The molecule has 0 amide bonds. The van der Waals surface area contributed by atoms with Crippen molar-refractivity contribution in [2.45, 2.75) is 26.3 Å². The number of hydrogen-bond acceptors (Lipinski definition) is 6. The van der Waals surface area contributed by atoms with Gasteiger partial charge in [-0.3, -0.25) is 0 Å². The molecule has 1 aromatic rings. The lowest BCUT2D eigenvalue weighted by molar-refractivity contribution is 0.0601. The second-order valence-electron chi connectivity index (χ2n) is 4.50. The molecule has 0 unspecified atom stereocenters. The van der Waals surface area contributed by atoms with E-state index in [0.29, 0.717) is 30.0 Å². The molecule has 1 aromatic heterocycles. The van der Waals surface area contributed by atoms with Crippen molar-refractivity contribution in [3.8, 4) is 0 Å². The Labute approximate surface area is 113 Å². The zero-order valence-electron chi connectivity index (χ0n) is 11.6. The van der Waals surface area contributed by atoms with Crippen LogP contribution in [0.3, 0.4) is 0 Å². The number of aliphatic hydroxyl groups is 1. The van der Waals surface area contributed by atoms with Crippen molar-refractivity contribution < 1.29 is 14.6 Å². The first-order valence-electron chi connectivity index (χ1n) is 6.22. The van der Waals surface area contributed by atoms with Crippen LogP contribution in [0.4, 0.5) is 11.5 Å². The minimum Gasteiger partial charge on any atom is -0.465 e. The number of nitrogen functional groups attached to an aromatic ring is 1. The Kier molecular flexibility index (Phi) is 5.57. The average Bonchev–Trinajstić information content (AvgIpc) is 2.39. The van der Waals surface area contributed by atoms with Crippen molar-refractivity contribution in [1.29, 1.82) is 0 Å². The molecule has 0 aliphatic heterocycles. The largest absolute Gasteiger partial charge is 0.465 e. The van der Waals surface area contributed by atoms with Gasteiger partial charge in [-0.2, -0.15) is 0 Å². The van der Waals surface area contributed by atoms with E-state index in [4.69, 9.17) is 15.6 Å². The number of nitrogens with zero attached hydrogens (tertiary/aromatic N) is 2. The van der Waals surface area contributed by atoms with Crippen LogP contribution in [-0.4, -0.2) is 42.4 Å². The number of aliphatic hydroxyl groups excluding tert-OH is 1. The maximum absolute atomic E-state index is 11.8. The van der Waals surface area contributed by atoms with Crippen LogP contribution in [0, 0.1) is 0 Å². The average molecular weight is 267 g/mol. The number of ether oxygens (including phenoxy) is 1. The Morgan fingerprint density at radius 3 is 2.79 bits per heavy atom. The summed E-state index contributed by atoms with van der Waals surface area (Å²) in [6.45, 7) is 4.69. The van der Waals surface area contributed by atoms with Gasteiger partial charge in [-0.15, -0.1) is 0 Å². The highest BCUT2D eigenvalue weighted by molar-refractivity contribution is 5.95. The van der Waals surface area contributed by atoms with Crippen LogP contribution in [0.2, 0.25) is 0 Å². The minimum absolute atomic E-state index is 0.0890. The third-order valence-electron chi connectivity index (χ3n) is 2.75. The summed E-state index contributed by atoms with van der Waals surface area (Å²) in [5.74, 6) is 0.0638. The van der Waals surface area contributed by atoms with Crippen LogP contribution in [0.5, 0.6) is 0 Å². The standard InChI is InChI=1S/C13H21N3O3/c1-9(2)16(5-4-6-17)12-11(13(18)19-3)7-10(14)8-15-12/h7-9,17H,4-6,14H2,1-3H3. The van der Waals surface area contributed by atoms with Gasteiger partial charge < -0.3 is 20.5 Å². The van der Waals surface area contributed by atoms with Gasteiger partial charge in [0.15, 0.2) is 0 Å². The molecule has 0 aromatic carbocycles. The molecule has 6 heteroatoms. The number of anilines is 2. The fourth-order valence-electron chi connectivity index (χ4n) is 1.81. The summed E-state index contributed by atoms with van der Waals surface area (Å²) in [5.41, 5.74) is 6.42. The first-order chi connectivity index (χ1) is 9.01. The Balaban J connectivity index is 3.17. The minimum atomic E-state index is -0.468. The Hall–Kier alpha value is -1.82. The highest BCUT2D eigenvalue weighted by Gasteiger charge is 2.20. The van der Waals surface area contributed by atoms with Crippen LogP contribution < -0.4 is 10.6 Å². The van der Waals surface area contributed by atoms with Crippen molar-refractivity contribution in [3.63, 3.8) is 0 Å². The van der Waals surface area contributed by atoms with E-state index >= 15 is 0 Å². The lowest BCUT2D eigenvalue weighted by Gasteiger charge is -2.29. The Morgan fingerprint density at radius 2 is 2.26 bits per heavy atom. The molecule has 0 aliphatic carbocycles. The summed E-state index contributed by atoms with van der Waals surface area (Å²) in [4.78, 5) is 18.0. The number of aromatic nitrogens is 1. The van der Waals surface area contributed by atoms with E-state index in [-0.39, 0.29) is 12.6 Å². The molecule has 0 fully saturated rings. The maximum Gasteiger partial charge on any atom is 0.341 e. The molecule has 3 N–H and O–H groups in total. The molecule has 1 heterocycles. The molecule has 0 spiro atoms. The van der Waals surface area contributed by atoms with Crippen LogP contribution in [0.25, 0.3) is 0 Å². The van der Waals surface area contributed by atoms with Crippen LogP contribution in [0.1, 0.15) is 30.6 Å². The summed E-state index contributed by atoms with van der Waals surface area (Å²) in [6.07, 6.45) is 2.11. The molecular formula is C13H21N3O3. The van der Waals surface area contributed by atoms with E-state index in [1.807, 2.05) is 18.7 Å². The van der Waals surface area contributed by atoms with Gasteiger partial charge in [0.2, 0.25) is 0 Å². The molecule has 0 atom stereocenters. The highest BCUT2D eigenvalue weighted by atomic mass is 16.5. The summed E-state index contributed by atoms with van der Waals surface area (Å²) in [5, 5.41) is 8.95. The molecule has 0 bridgehead atoms. The number of carbonyl (C=O) groups is 1. The van der Waals surface area contributed by atoms with Crippen molar-refractivity contribution in [1.82, 2.24) is 4.98 Å². The molecule has 0 aliphatic rings. The first-order valence-corrected chi connectivity index (χ1v) is 6.22. The smallest absolute Gasteiger partial charge is 0.341 e. The quantitative estimate of drug-likeness (QED) is 0.749. The van der Waals surface area contributed by atoms with Gasteiger partial charge in [0.25, 0.3) is 0 Å². The van der Waals surface area contributed by atoms with Crippen molar-refractivity contribution in [3.05, 3.63) is 17.8 Å². The predicted molar refractivity (Wildman–Crippen MR) is 74.2 cm³/mol. The van der Waals surface area contributed by atoms with Gasteiger partial charge in [0.1, 0.15) is 11.4 Å². The number of carbonyl (C=O) groups excluding carboxylic acids is 1. The lowest BCUT2D eigenvalue weighted by Crippen LogP contribution is -2.34. The first kappa shape index (κ1) is 15.2. The third-order valence-corrected chi connectivity index (χ3v) is 2.75. The van der Waals surface area contributed by atoms with Gasteiger partial charge in [-0.1, -0.05) is 0 Å². The van der Waals surface area contributed by atoms with E-state index < -0.39 is 5.97 Å². The molecule has 0 saturated carbocycles. The number of methoxy groups -OCH3 is 1. The molecule has 0 saturated heterocycles. The van der Waals surface area contributed by atoms with Crippen molar-refractivity contribution in [2.75, 3.05) is 30.9 Å². The van der Waals surface area contributed by atoms with E-state index in [1.54, 1.807) is 6.07 Å². The maximum atomic E-state index is 11.8. The summed E-state index contributed by atoms with van der Waals surface area (Å²) in [7, 11) is 1.32. The Morgan fingerprint density at radius 1 is 1.58 bits per heavy atom. The molecule has 19 heavy (non-hydrogen) atoms. The van der Waals surface area contributed by atoms with Gasteiger partial charge >= 0.3 is 5.97 Å². The summed E-state index contributed by atoms with van der Waals surface area (Å²) < 4.78 is 4.76. The second-order valence-corrected chi connectivity index (χ2v) is 4.50. The fourth-order valence-corrected chi connectivity index (χ4v) is 1.81. The van der Waals surface area contributed by atoms with E-state index in [1.165, 1.54) is 13.3 Å². The number of pyridine rings is 1. The van der Waals surface area contributed by atoms with Crippen molar-refractivity contribution in [2.24, 2.45) is 0 Å². The topological polar surface area (TPSA) is 88.7 Å². The normalized spacial score (nSPS) is 10.6. The van der Waals surface area contributed by atoms with Crippen LogP contribution in [-0.2, 0) is 4.74 Å². The van der Waals surface area contributed by atoms with Crippen molar-refractivity contribution >= 4 is 17.5 Å². The molecule has 0 radical (unpaired) electrons. The predicted octanol–water partition coefficient (Wildman–Crippen LogP) is 1.05. The lowest BCUT2D eigenvalue weighted by atomic mass is 10.2. The highest BCUT2D eigenvalue weighted by Crippen LogP contribution is 2.23. The number of hydrogen-bond donors (Lipinski definition) is 2. The van der Waals surface area contributed by atoms with E-state index in [0.717, 1.165) is 0 Å². The van der Waals surface area contributed by atoms with E-state index in [2.05, 4.69) is 4.98 Å². The zero-order chi connectivity index (χ0) is 14.4. The summed E-state index contributed by atoms with van der Waals surface area (Å²) in [6, 6.07) is 1.70. The van der Waals surface area contributed by atoms with Gasteiger partial charge in [0, 0.05) is 19.2 Å².